The average Bonchev–Trinajstić information content (AvgIpc) is 2.62. The SMILES string of the molecule is CC(C)CC(C)(O)CNCc1cn(C(C)(C)C)nn1. The average molecular weight is 268 g/mol. The monoisotopic (exact) mass is 268 g/mol. The number of aliphatic hydroxyl groups is 1. The van der Waals surface area contributed by atoms with Crippen LogP contribution in [0.5, 0.6) is 0 Å². The first-order valence-corrected chi connectivity index (χ1v) is 6.95. The van der Waals surface area contributed by atoms with Gasteiger partial charge in [0.15, 0.2) is 0 Å². The van der Waals surface area contributed by atoms with Crippen molar-refractivity contribution in [3.63, 3.8) is 0 Å². The maximum Gasteiger partial charge on any atom is 0.0965 e. The maximum atomic E-state index is 10.2. The van der Waals surface area contributed by atoms with Gasteiger partial charge >= 0.3 is 0 Å². The van der Waals surface area contributed by atoms with Crippen LogP contribution >= 0.6 is 0 Å². The van der Waals surface area contributed by atoms with Crippen LogP contribution in [0.15, 0.2) is 6.20 Å². The molecule has 0 saturated carbocycles. The number of hydrogen-bond acceptors (Lipinski definition) is 4. The van der Waals surface area contributed by atoms with Crippen molar-refractivity contribution in [2.45, 2.75) is 65.6 Å². The second-order valence-corrected chi connectivity index (χ2v) is 7.02. The van der Waals surface area contributed by atoms with Gasteiger partial charge in [-0.25, -0.2) is 4.68 Å². The fourth-order valence-corrected chi connectivity index (χ4v) is 2.12. The molecule has 19 heavy (non-hydrogen) atoms. The summed E-state index contributed by atoms with van der Waals surface area (Å²) in [5.74, 6) is 0.485. The van der Waals surface area contributed by atoms with Crippen LogP contribution < -0.4 is 5.32 Å². The Balaban J connectivity index is 2.43. The largest absolute Gasteiger partial charge is 0.389 e. The van der Waals surface area contributed by atoms with E-state index in [0.717, 1.165) is 12.1 Å². The highest BCUT2D eigenvalue weighted by Gasteiger charge is 2.21. The van der Waals surface area contributed by atoms with E-state index in [0.29, 0.717) is 19.0 Å². The third kappa shape index (κ3) is 5.70. The number of nitrogens with one attached hydrogen (secondary N) is 1. The summed E-state index contributed by atoms with van der Waals surface area (Å²) >= 11 is 0. The van der Waals surface area contributed by atoms with Gasteiger partial charge in [-0.05, 0) is 40.0 Å². The highest BCUT2D eigenvalue weighted by atomic mass is 16.3. The molecule has 0 aliphatic heterocycles. The smallest absolute Gasteiger partial charge is 0.0965 e. The molecule has 0 radical (unpaired) electrons. The molecule has 0 aliphatic carbocycles. The van der Waals surface area contributed by atoms with Gasteiger partial charge in [0.1, 0.15) is 0 Å². The number of rotatable bonds is 6. The summed E-state index contributed by atoms with van der Waals surface area (Å²) in [5.41, 5.74) is 0.179. The fourth-order valence-electron chi connectivity index (χ4n) is 2.12. The highest BCUT2D eigenvalue weighted by molar-refractivity contribution is 4.94. The van der Waals surface area contributed by atoms with Crippen LogP contribution in [0.4, 0.5) is 0 Å². The van der Waals surface area contributed by atoms with Gasteiger partial charge in [0, 0.05) is 13.1 Å². The lowest BCUT2D eigenvalue weighted by molar-refractivity contribution is 0.0382. The molecule has 0 bridgehead atoms. The molecule has 5 heteroatoms. The Hall–Kier alpha value is -0.940. The number of hydrogen-bond donors (Lipinski definition) is 2. The fraction of sp³-hybridized carbons (Fsp3) is 0.857. The van der Waals surface area contributed by atoms with Crippen LogP contribution in [-0.2, 0) is 12.1 Å². The summed E-state index contributed by atoms with van der Waals surface area (Å²) in [7, 11) is 0. The summed E-state index contributed by atoms with van der Waals surface area (Å²) < 4.78 is 1.86. The van der Waals surface area contributed by atoms with Gasteiger partial charge in [0.25, 0.3) is 0 Å². The minimum atomic E-state index is -0.672. The van der Waals surface area contributed by atoms with E-state index in [9.17, 15) is 5.11 Å². The van der Waals surface area contributed by atoms with Crippen molar-refractivity contribution in [2.75, 3.05) is 6.54 Å². The first kappa shape index (κ1) is 16.1. The molecule has 110 valence electrons. The van der Waals surface area contributed by atoms with Crippen molar-refractivity contribution < 1.29 is 5.11 Å². The molecule has 1 unspecified atom stereocenters. The summed E-state index contributed by atoms with van der Waals surface area (Å²) in [4.78, 5) is 0. The Labute approximate surface area is 116 Å². The van der Waals surface area contributed by atoms with Gasteiger partial charge in [-0.3, -0.25) is 0 Å². The molecule has 1 aromatic heterocycles. The standard InChI is InChI=1S/C14H28N4O/c1-11(2)7-14(6,19)10-15-8-12-9-18(17-16-12)13(3,4)5/h9,11,15,19H,7-8,10H2,1-6H3. The Morgan fingerprint density at radius 1 is 1.32 bits per heavy atom. The lowest BCUT2D eigenvalue weighted by Gasteiger charge is -2.25. The van der Waals surface area contributed by atoms with E-state index in [4.69, 9.17) is 0 Å². The van der Waals surface area contributed by atoms with Gasteiger partial charge in [0.05, 0.1) is 23.0 Å². The number of aromatic nitrogens is 3. The van der Waals surface area contributed by atoms with E-state index in [-0.39, 0.29) is 5.54 Å². The predicted molar refractivity (Wildman–Crippen MR) is 76.8 cm³/mol. The minimum absolute atomic E-state index is 0.0472. The van der Waals surface area contributed by atoms with E-state index in [1.165, 1.54) is 0 Å². The highest BCUT2D eigenvalue weighted by Crippen LogP contribution is 2.15. The minimum Gasteiger partial charge on any atom is -0.389 e. The third-order valence-corrected chi connectivity index (χ3v) is 2.89. The predicted octanol–water partition coefficient (Wildman–Crippen LogP) is 1.92. The maximum absolute atomic E-state index is 10.2. The summed E-state index contributed by atoms with van der Waals surface area (Å²) in [6, 6.07) is 0. The summed E-state index contributed by atoms with van der Waals surface area (Å²) in [6.07, 6.45) is 2.73. The van der Waals surface area contributed by atoms with Crippen LogP contribution in [0.1, 0.15) is 53.7 Å². The van der Waals surface area contributed by atoms with Gasteiger partial charge in [-0.15, -0.1) is 5.10 Å². The Morgan fingerprint density at radius 3 is 2.42 bits per heavy atom. The van der Waals surface area contributed by atoms with E-state index < -0.39 is 5.60 Å². The van der Waals surface area contributed by atoms with Gasteiger partial charge < -0.3 is 10.4 Å². The first-order chi connectivity index (χ1) is 8.60. The molecule has 1 rings (SSSR count). The first-order valence-electron chi connectivity index (χ1n) is 6.95. The summed E-state index contributed by atoms with van der Waals surface area (Å²) in [6.45, 7) is 13.6. The van der Waals surface area contributed by atoms with E-state index in [2.05, 4.69) is 50.2 Å². The molecule has 1 aromatic rings. The van der Waals surface area contributed by atoms with Crippen LogP contribution in [-0.4, -0.2) is 32.2 Å². The van der Waals surface area contributed by atoms with E-state index in [1.54, 1.807) is 0 Å². The molecular weight excluding hydrogens is 240 g/mol. The summed E-state index contributed by atoms with van der Waals surface area (Å²) in [5, 5.41) is 21.7. The third-order valence-electron chi connectivity index (χ3n) is 2.89. The van der Waals surface area contributed by atoms with Crippen molar-refractivity contribution in [1.29, 1.82) is 0 Å². The van der Waals surface area contributed by atoms with Crippen LogP contribution in [0.3, 0.4) is 0 Å². The molecular formula is C14H28N4O. The molecule has 5 nitrogen and oxygen atoms in total. The van der Waals surface area contributed by atoms with Crippen LogP contribution in [0.25, 0.3) is 0 Å². The molecule has 0 aromatic carbocycles. The number of nitrogens with zero attached hydrogens (tertiary/aromatic N) is 3. The van der Waals surface area contributed by atoms with Crippen LogP contribution in [0.2, 0.25) is 0 Å². The lowest BCUT2D eigenvalue weighted by atomic mass is 9.94. The van der Waals surface area contributed by atoms with E-state index >= 15 is 0 Å². The molecule has 0 aliphatic rings. The molecule has 0 amide bonds. The Bertz CT molecular complexity index is 390. The zero-order chi connectivity index (χ0) is 14.7. The van der Waals surface area contributed by atoms with Crippen molar-refractivity contribution in [2.24, 2.45) is 5.92 Å². The van der Waals surface area contributed by atoms with Crippen molar-refractivity contribution >= 4 is 0 Å². The van der Waals surface area contributed by atoms with Crippen molar-refractivity contribution in [3.05, 3.63) is 11.9 Å². The zero-order valence-electron chi connectivity index (χ0n) is 13.1. The van der Waals surface area contributed by atoms with Crippen molar-refractivity contribution in [1.82, 2.24) is 20.3 Å². The molecule has 0 fully saturated rings. The Morgan fingerprint density at radius 2 is 1.95 bits per heavy atom. The normalized spacial score (nSPS) is 15.8. The quantitative estimate of drug-likeness (QED) is 0.827. The molecule has 1 atom stereocenters. The van der Waals surface area contributed by atoms with Gasteiger partial charge in [-0.2, -0.15) is 0 Å². The molecule has 0 saturated heterocycles. The van der Waals surface area contributed by atoms with Crippen LogP contribution in [0, 0.1) is 5.92 Å². The van der Waals surface area contributed by atoms with Gasteiger partial charge in [-0.1, -0.05) is 19.1 Å². The van der Waals surface area contributed by atoms with Gasteiger partial charge in [0.2, 0.25) is 0 Å². The topological polar surface area (TPSA) is 63.0 Å². The lowest BCUT2D eigenvalue weighted by Crippen LogP contribution is -2.38. The van der Waals surface area contributed by atoms with E-state index in [1.807, 2.05) is 17.8 Å². The molecule has 1 heterocycles. The molecule has 2 N–H and O–H groups in total. The second-order valence-electron chi connectivity index (χ2n) is 7.02. The zero-order valence-corrected chi connectivity index (χ0v) is 13.1. The Kier molecular flexibility index (Phi) is 5.10. The second kappa shape index (κ2) is 6.01. The molecule has 0 spiro atoms. The van der Waals surface area contributed by atoms with Crippen molar-refractivity contribution in [3.8, 4) is 0 Å².